The lowest BCUT2D eigenvalue weighted by Crippen LogP contribution is -2.07. The van der Waals surface area contributed by atoms with Crippen LogP contribution in [-0.4, -0.2) is 14.8 Å². The van der Waals surface area contributed by atoms with Crippen molar-refractivity contribution in [1.29, 1.82) is 0 Å². The van der Waals surface area contributed by atoms with Gasteiger partial charge in [0.05, 0.1) is 16.7 Å². The van der Waals surface area contributed by atoms with Crippen molar-refractivity contribution in [1.82, 2.24) is 14.8 Å². The molecule has 4 heteroatoms. The van der Waals surface area contributed by atoms with Gasteiger partial charge in [0.15, 0.2) is 0 Å². The first-order valence-electron chi connectivity index (χ1n) is 9.43. The normalized spacial score (nSPS) is 12.0. The van der Waals surface area contributed by atoms with E-state index in [-0.39, 0.29) is 0 Å². The molecule has 0 fully saturated rings. The molecule has 2 heterocycles. The molecular formula is C23H24N4. The summed E-state index contributed by atoms with van der Waals surface area (Å²) in [7, 11) is 0. The Balaban J connectivity index is 1.79. The van der Waals surface area contributed by atoms with Crippen LogP contribution in [0, 0.1) is 0 Å². The highest BCUT2D eigenvalue weighted by atomic mass is 15.3. The molecule has 0 amide bonds. The number of nitrogens with one attached hydrogen (secondary N) is 1. The van der Waals surface area contributed by atoms with E-state index in [4.69, 9.17) is 10.1 Å². The Morgan fingerprint density at radius 3 is 2.26 bits per heavy atom. The number of fused-ring (bicyclic) bond motifs is 2. The fourth-order valence-electron chi connectivity index (χ4n) is 3.42. The first-order chi connectivity index (χ1) is 13.2. The number of allylic oxidation sites excluding steroid dienone is 2. The summed E-state index contributed by atoms with van der Waals surface area (Å²) in [5, 5.41) is 10.7. The van der Waals surface area contributed by atoms with E-state index in [1.54, 1.807) is 0 Å². The molecule has 0 saturated carbocycles. The Hall–Kier alpha value is -3.14. The topological polar surface area (TPSA) is 42.7 Å². The summed E-state index contributed by atoms with van der Waals surface area (Å²) in [5.41, 5.74) is 5.52. The van der Waals surface area contributed by atoms with Crippen molar-refractivity contribution in [3.8, 4) is 0 Å². The summed E-state index contributed by atoms with van der Waals surface area (Å²) in [5.74, 6) is 1.02. The Kier molecular flexibility index (Phi) is 4.63. The number of hydrogen-bond donors (Lipinski definition) is 1. The van der Waals surface area contributed by atoms with Crippen LogP contribution in [0.25, 0.3) is 27.5 Å². The van der Waals surface area contributed by atoms with E-state index in [0.29, 0.717) is 0 Å². The van der Waals surface area contributed by atoms with Crippen LogP contribution < -0.4 is 5.32 Å². The Morgan fingerprint density at radius 1 is 1.04 bits per heavy atom. The molecule has 27 heavy (non-hydrogen) atoms. The van der Waals surface area contributed by atoms with Gasteiger partial charge in [-0.15, -0.1) is 0 Å². The van der Waals surface area contributed by atoms with Crippen LogP contribution in [0.1, 0.15) is 32.0 Å². The van der Waals surface area contributed by atoms with Crippen LogP contribution in [0.3, 0.4) is 0 Å². The second-order valence-electron chi connectivity index (χ2n) is 6.69. The molecule has 4 aromatic rings. The van der Waals surface area contributed by atoms with Crippen molar-refractivity contribution >= 4 is 33.3 Å². The summed E-state index contributed by atoms with van der Waals surface area (Å²) in [6.07, 6.45) is 2.99. The largest absolute Gasteiger partial charge is 0.366 e. The molecule has 2 aromatic carbocycles. The quantitative estimate of drug-likeness (QED) is 0.471. The molecule has 2 aromatic heterocycles. The first-order valence-corrected chi connectivity index (χ1v) is 9.43. The summed E-state index contributed by atoms with van der Waals surface area (Å²) in [6.45, 7) is 6.96. The number of anilines is 1. The van der Waals surface area contributed by atoms with E-state index in [2.05, 4.69) is 67.7 Å². The third kappa shape index (κ3) is 3.19. The van der Waals surface area contributed by atoms with E-state index in [9.17, 15) is 0 Å². The molecule has 0 atom stereocenters. The molecule has 4 rings (SSSR count). The Bertz CT molecular complexity index is 1080. The zero-order valence-corrected chi connectivity index (χ0v) is 16.0. The van der Waals surface area contributed by atoms with Gasteiger partial charge < -0.3 is 5.32 Å². The van der Waals surface area contributed by atoms with Crippen molar-refractivity contribution in [3.05, 3.63) is 71.9 Å². The number of aryl methyl sites for hydroxylation is 1. The average Bonchev–Trinajstić information content (AvgIpc) is 3.14. The highest BCUT2D eigenvalue weighted by molar-refractivity contribution is 5.97. The molecule has 1 N–H and O–H groups in total. The minimum absolute atomic E-state index is 0.718. The van der Waals surface area contributed by atoms with Gasteiger partial charge >= 0.3 is 0 Å². The van der Waals surface area contributed by atoms with E-state index in [1.807, 2.05) is 23.7 Å². The number of benzene rings is 2. The summed E-state index contributed by atoms with van der Waals surface area (Å²) in [6, 6.07) is 18.8. The zero-order chi connectivity index (χ0) is 18.8. The van der Waals surface area contributed by atoms with Crippen molar-refractivity contribution < 1.29 is 0 Å². The smallest absolute Gasteiger partial charge is 0.129 e. The van der Waals surface area contributed by atoms with Crippen molar-refractivity contribution in [2.24, 2.45) is 0 Å². The summed E-state index contributed by atoms with van der Waals surface area (Å²) < 4.78 is 1.99. The summed E-state index contributed by atoms with van der Waals surface area (Å²) >= 11 is 0. The van der Waals surface area contributed by atoms with Crippen LogP contribution in [0.15, 0.2) is 60.7 Å². The maximum absolute atomic E-state index is 4.82. The molecule has 0 bridgehead atoms. The molecule has 0 aliphatic heterocycles. The van der Waals surface area contributed by atoms with Crippen molar-refractivity contribution in [2.45, 2.75) is 33.7 Å². The second-order valence-corrected chi connectivity index (χ2v) is 6.69. The average molecular weight is 356 g/mol. The monoisotopic (exact) mass is 356 g/mol. The van der Waals surface area contributed by atoms with Gasteiger partial charge in [-0.3, -0.25) is 0 Å². The van der Waals surface area contributed by atoms with Crippen LogP contribution in [0.5, 0.6) is 0 Å². The predicted octanol–water partition coefficient (Wildman–Crippen LogP) is 5.64. The SMILES string of the molecule is C/C=C(\C)n1nc(CC)cc1NCc1c2ccccc2nc2ccccc12. The fraction of sp³-hybridized carbons (Fsp3) is 0.217. The maximum Gasteiger partial charge on any atom is 0.129 e. The number of aromatic nitrogens is 3. The molecule has 0 unspecified atom stereocenters. The number of pyridine rings is 1. The van der Waals surface area contributed by atoms with Crippen LogP contribution in [0.2, 0.25) is 0 Å². The van der Waals surface area contributed by atoms with Gasteiger partial charge in [-0.05, 0) is 38.0 Å². The van der Waals surface area contributed by atoms with Crippen LogP contribution >= 0.6 is 0 Å². The van der Waals surface area contributed by atoms with Gasteiger partial charge in [0, 0.05) is 29.1 Å². The third-order valence-corrected chi connectivity index (χ3v) is 5.02. The van der Waals surface area contributed by atoms with Crippen LogP contribution in [-0.2, 0) is 13.0 Å². The molecule has 0 aliphatic carbocycles. The van der Waals surface area contributed by atoms with Gasteiger partial charge in [-0.1, -0.05) is 49.4 Å². The minimum Gasteiger partial charge on any atom is -0.366 e. The number of para-hydroxylation sites is 2. The third-order valence-electron chi connectivity index (χ3n) is 5.02. The number of nitrogens with zero attached hydrogens (tertiary/aromatic N) is 3. The molecule has 0 aliphatic rings. The lowest BCUT2D eigenvalue weighted by molar-refractivity contribution is 0.850. The van der Waals surface area contributed by atoms with Crippen molar-refractivity contribution in [3.63, 3.8) is 0 Å². The highest BCUT2D eigenvalue weighted by Gasteiger charge is 2.11. The molecule has 0 spiro atoms. The molecule has 0 radical (unpaired) electrons. The van der Waals surface area contributed by atoms with Crippen LogP contribution in [0.4, 0.5) is 5.82 Å². The fourth-order valence-corrected chi connectivity index (χ4v) is 3.42. The van der Waals surface area contributed by atoms with Gasteiger partial charge in [-0.25, -0.2) is 9.67 Å². The molecule has 0 saturated heterocycles. The van der Waals surface area contributed by atoms with Crippen molar-refractivity contribution in [2.75, 3.05) is 5.32 Å². The standard InChI is InChI=1S/C23H24N4/c1-4-16(3)27-23(14-17(5-2)26-27)24-15-20-18-10-6-8-12-21(18)25-22-13-9-7-11-19(20)22/h4,6-14,24H,5,15H2,1-3H3/b16-4+. The molecule has 4 nitrogen and oxygen atoms in total. The van der Waals surface area contributed by atoms with E-state index in [0.717, 1.165) is 41.2 Å². The predicted molar refractivity (Wildman–Crippen MR) is 114 cm³/mol. The molecule has 136 valence electrons. The van der Waals surface area contributed by atoms with E-state index in [1.165, 1.54) is 16.3 Å². The lowest BCUT2D eigenvalue weighted by Gasteiger charge is -2.14. The minimum atomic E-state index is 0.718. The number of rotatable bonds is 5. The zero-order valence-electron chi connectivity index (χ0n) is 16.0. The Morgan fingerprint density at radius 2 is 1.67 bits per heavy atom. The first kappa shape index (κ1) is 17.3. The second kappa shape index (κ2) is 7.23. The molecular weight excluding hydrogens is 332 g/mol. The highest BCUT2D eigenvalue weighted by Crippen LogP contribution is 2.27. The Labute approximate surface area is 159 Å². The van der Waals surface area contributed by atoms with E-state index >= 15 is 0 Å². The van der Waals surface area contributed by atoms with E-state index < -0.39 is 0 Å². The van der Waals surface area contributed by atoms with Gasteiger partial charge in [0.25, 0.3) is 0 Å². The number of hydrogen-bond acceptors (Lipinski definition) is 3. The lowest BCUT2D eigenvalue weighted by atomic mass is 10.0. The summed E-state index contributed by atoms with van der Waals surface area (Å²) in [4.78, 5) is 4.82. The maximum atomic E-state index is 4.82. The van der Waals surface area contributed by atoms with Gasteiger partial charge in [0.2, 0.25) is 0 Å². The van der Waals surface area contributed by atoms with Gasteiger partial charge in [0.1, 0.15) is 5.82 Å². The van der Waals surface area contributed by atoms with Gasteiger partial charge in [-0.2, -0.15) is 5.10 Å².